The van der Waals surface area contributed by atoms with E-state index in [1.165, 1.54) is 0 Å². The zero-order valence-corrected chi connectivity index (χ0v) is 16.9. The Morgan fingerprint density at radius 2 is 1.59 bits per heavy atom. The summed E-state index contributed by atoms with van der Waals surface area (Å²) in [5, 5.41) is 9.24. The van der Waals surface area contributed by atoms with Crippen LogP contribution in [0.4, 0.5) is 0 Å². The molecule has 0 radical (unpaired) electrons. The Bertz CT molecular complexity index is 962. The summed E-state index contributed by atoms with van der Waals surface area (Å²) in [6, 6.07) is 13.6. The Morgan fingerprint density at radius 1 is 1.00 bits per heavy atom. The van der Waals surface area contributed by atoms with E-state index < -0.39 is 10.0 Å². The molecule has 0 saturated carbocycles. The molecule has 2 aromatic rings. The monoisotopic (exact) mass is 383 g/mol. The summed E-state index contributed by atoms with van der Waals surface area (Å²) in [5.41, 5.74) is 4.35. The number of hydrogen-bond acceptors (Lipinski definition) is 4. The van der Waals surface area contributed by atoms with Crippen LogP contribution in [0.15, 0.2) is 41.3 Å². The summed E-state index contributed by atoms with van der Waals surface area (Å²) < 4.78 is 27.9. The lowest BCUT2D eigenvalue weighted by Crippen LogP contribution is -2.48. The van der Waals surface area contributed by atoms with Crippen molar-refractivity contribution in [3.8, 4) is 6.07 Å². The van der Waals surface area contributed by atoms with Gasteiger partial charge in [-0.3, -0.25) is 4.90 Å². The third-order valence-electron chi connectivity index (χ3n) is 5.07. The van der Waals surface area contributed by atoms with Gasteiger partial charge in [-0.25, -0.2) is 8.42 Å². The maximum absolute atomic E-state index is 13.2. The molecule has 0 aliphatic carbocycles. The van der Waals surface area contributed by atoms with Gasteiger partial charge in [0.25, 0.3) is 0 Å². The van der Waals surface area contributed by atoms with Crippen LogP contribution in [0.25, 0.3) is 0 Å². The van der Waals surface area contributed by atoms with E-state index in [1.54, 1.807) is 4.31 Å². The summed E-state index contributed by atoms with van der Waals surface area (Å²) >= 11 is 0. The second-order valence-electron chi connectivity index (χ2n) is 7.18. The molecule has 5 nitrogen and oxygen atoms in total. The van der Waals surface area contributed by atoms with Gasteiger partial charge < -0.3 is 0 Å². The van der Waals surface area contributed by atoms with E-state index in [9.17, 15) is 13.7 Å². The van der Waals surface area contributed by atoms with E-state index in [-0.39, 0.29) is 0 Å². The van der Waals surface area contributed by atoms with Crippen LogP contribution in [0.5, 0.6) is 0 Å². The number of nitriles is 1. The number of aryl methyl sites for hydroxylation is 3. The van der Waals surface area contributed by atoms with Gasteiger partial charge in [0.2, 0.25) is 10.0 Å². The Labute approximate surface area is 161 Å². The molecule has 0 spiro atoms. The summed E-state index contributed by atoms with van der Waals surface area (Å²) in [6.45, 7) is 8.61. The lowest BCUT2D eigenvalue weighted by molar-refractivity contribution is 0.181. The molecule has 6 heteroatoms. The number of sulfonamides is 1. The molecule has 2 aromatic carbocycles. The van der Waals surface area contributed by atoms with E-state index in [0.29, 0.717) is 43.2 Å². The Kier molecular flexibility index (Phi) is 5.66. The fraction of sp³-hybridized carbons (Fsp3) is 0.381. The lowest BCUT2D eigenvalue weighted by atomic mass is 10.1. The zero-order valence-electron chi connectivity index (χ0n) is 16.1. The minimum Gasteiger partial charge on any atom is -0.296 e. The second-order valence-corrected chi connectivity index (χ2v) is 9.05. The molecule has 27 heavy (non-hydrogen) atoms. The summed E-state index contributed by atoms with van der Waals surface area (Å²) in [4.78, 5) is 2.65. The molecule has 0 amide bonds. The van der Waals surface area contributed by atoms with Gasteiger partial charge in [0.15, 0.2) is 0 Å². The van der Waals surface area contributed by atoms with Gasteiger partial charge in [0.05, 0.1) is 16.5 Å². The van der Waals surface area contributed by atoms with E-state index in [4.69, 9.17) is 0 Å². The van der Waals surface area contributed by atoms with Gasteiger partial charge >= 0.3 is 0 Å². The number of piperazine rings is 1. The molecule has 1 saturated heterocycles. The van der Waals surface area contributed by atoms with Crippen LogP contribution in [-0.4, -0.2) is 43.8 Å². The fourth-order valence-corrected chi connectivity index (χ4v) is 5.67. The predicted octanol–water partition coefficient (Wildman–Crippen LogP) is 2.99. The van der Waals surface area contributed by atoms with Crippen LogP contribution >= 0.6 is 0 Å². The highest BCUT2D eigenvalue weighted by Crippen LogP contribution is 2.26. The average molecular weight is 384 g/mol. The molecule has 1 aliphatic rings. The molecule has 0 aromatic heterocycles. The Balaban J connectivity index is 1.73. The van der Waals surface area contributed by atoms with E-state index in [0.717, 1.165) is 22.3 Å². The third kappa shape index (κ3) is 4.06. The van der Waals surface area contributed by atoms with E-state index in [1.807, 2.05) is 57.2 Å². The molecule has 0 atom stereocenters. The maximum atomic E-state index is 13.2. The molecule has 0 N–H and O–H groups in total. The minimum absolute atomic E-state index is 0.441. The first-order valence-electron chi connectivity index (χ1n) is 9.11. The smallest absolute Gasteiger partial charge is 0.243 e. The summed E-state index contributed by atoms with van der Waals surface area (Å²) in [5.74, 6) is 0. The van der Waals surface area contributed by atoms with Crippen molar-refractivity contribution in [1.82, 2.24) is 9.21 Å². The van der Waals surface area contributed by atoms with Crippen LogP contribution < -0.4 is 0 Å². The molecule has 1 fully saturated rings. The largest absolute Gasteiger partial charge is 0.296 e. The lowest BCUT2D eigenvalue weighted by Gasteiger charge is -2.34. The van der Waals surface area contributed by atoms with Gasteiger partial charge in [-0.2, -0.15) is 9.57 Å². The Hall–Kier alpha value is -2.20. The quantitative estimate of drug-likeness (QED) is 0.814. The molecular weight excluding hydrogens is 358 g/mol. The highest BCUT2D eigenvalue weighted by atomic mass is 32.2. The molecule has 1 heterocycles. The fourth-order valence-electron chi connectivity index (χ4n) is 3.84. The van der Waals surface area contributed by atoms with Crippen molar-refractivity contribution in [2.75, 3.05) is 26.2 Å². The normalized spacial score (nSPS) is 16.2. The summed E-state index contributed by atoms with van der Waals surface area (Å²) in [7, 11) is -3.49. The predicted molar refractivity (Wildman–Crippen MR) is 106 cm³/mol. The average Bonchev–Trinajstić information content (AvgIpc) is 2.61. The van der Waals surface area contributed by atoms with E-state index in [2.05, 4.69) is 11.0 Å². The Morgan fingerprint density at radius 3 is 2.19 bits per heavy atom. The standard InChI is InChI=1S/C21H25N3O2S/c1-16-12-17(2)21(18(3)13-16)27(25,26)24-10-8-23(9-11-24)15-20-7-5-4-6-19(20)14-22/h4-7,12-13H,8-11,15H2,1-3H3. The number of nitrogens with zero attached hydrogens (tertiary/aromatic N) is 3. The third-order valence-corrected chi connectivity index (χ3v) is 7.27. The molecule has 142 valence electrons. The van der Waals surface area contributed by atoms with Crippen LogP contribution in [0.2, 0.25) is 0 Å². The van der Waals surface area contributed by atoms with Crippen molar-refractivity contribution >= 4 is 10.0 Å². The van der Waals surface area contributed by atoms with Crippen molar-refractivity contribution in [2.24, 2.45) is 0 Å². The first-order chi connectivity index (χ1) is 12.8. The first kappa shape index (κ1) is 19.6. The molecule has 0 bridgehead atoms. The van der Waals surface area contributed by atoms with Crippen molar-refractivity contribution < 1.29 is 8.42 Å². The number of hydrogen-bond donors (Lipinski definition) is 0. The molecule has 3 rings (SSSR count). The van der Waals surface area contributed by atoms with Crippen molar-refractivity contribution in [2.45, 2.75) is 32.2 Å². The van der Waals surface area contributed by atoms with Gasteiger partial charge in [0.1, 0.15) is 0 Å². The van der Waals surface area contributed by atoms with Crippen LogP contribution in [-0.2, 0) is 16.6 Å². The topological polar surface area (TPSA) is 64.4 Å². The van der Waals surface area contributed by atoms with E-state index >= 15 is 0 Å². The molecular formula is C21H25N3O2S. The first-order valence-corrected chi connectivity index (χ1v) is 10.6. The SMILES string of the molecule is Cc1cc(C)c(S(=O)(=O)N2CCN(Cc3ccccc3C#N)CC2)c(C)c1. The second kappa shape index (κ2) is 7.81. The highest BCUT2D eigenvalue weighted by molar-refractivity contribution is 7.89. The van der Waals surface area contributed by atoms with Crippen molar-refractivity contribution in [3.63, 3.8) is 0 Å². The van der Waals surface area contributed by atoms with Crippen LogP contribution in [0.3, 0.4) is 0 Å². The number of rotatable bonds is 4. The van der Waals surface area contributed by atoms with Gasteiger partial charge in [0, 0.05) is 32.7 Å². The molecule has 0 unspecified atom stereocenters. The summed E-state index contributed by atoms with van der Waals surface area (Å²) in [6.07, 6.45) is 0. The molecule has 1 aliphatic heterocycles. The maximum Gasteiger partial charge on any atom is 0.243 e. The van der Waals surface area contributed by atoms with Gasteiger partial charge in [-0.15, -0.1) is 0 Å². The van der Waals surface area contributed by atoms with Gasteiger partial charge in [-0.1, -0.05) is 35.9 Å². The zero-order chi connectivity index (χ0) is 19.6. The van der Waals surface area contributed by atoms with Crippen molar-refractivity contribution in [1.29, 1.82) is 5.26 Å². The van der Waals surface area contributed by atoms with Crippen molar-refractivity contribution in [3.05, 3.63) is 64.2 Å². The minimum atomic E-state index is -3.49. The van der Waals surface area contributed by atoms with Gasteiger partial charge in [-0.05, 0) is 43.5 Å². The highest BCUT2D eigenvalue weighted by Gasteiger charge is 2.31. The van der Waals surface area contributed by atoms with Crippen LogP contribution in [0.1, 0.15) is 27.8 Å². The van der Waals surface area contributed by atoms with Crippen LogP contribution in [0, 0.1) is 32.1 Å². The number of benzene rings is 2.